The van der Waals surface area contributed by atoms with Crippen molar-refractivity contribution in [2.24, 2.45) is 11.8 Å². The predicted molar refractivity (Wildman–Crippen MR) is 146 cm³/mol. The van der Waals surface area contributed by atoms with Crippen LogP contribution < -0.4 is 0 Å². The van der Waals surface area contributed by atoms with Gasteiger partial charge >= 0.3 is 5.97 Å². The van der Waals surface area contributed by atoms with Crippen LogP contribution in [0.2, 0.25) is 16.6 Å². The quantitative estimate of drug-likeness (QED) is 0.0729. The molecule has 0 bridgehead atoms. The van der Waals surface area contributed by atoms with Crippen LogP contribution in [0.3, 0.4) is 0 Å². The SMILES string of the molecule is CCCCC#CC(OC(C)=O)[C@H](CCCCCC)[C@@H](C)/C=C/O[Si](C(C)C)(C(C)C)C(C)C. The standard InChI is InChI=1S/C29H54O3Si/c1-11-13-15-17-19-28(29(32-27(10)30)20-18-16-14-12-2)26(9)21-22-31-33(23(3)4,24(5)6)25(7)8/h21-26,28-29H,11-17,19H2,1-10H3/b22-21+/t26-,28+,29?/m0/s1. The topological polar surface area (TPSA) is 35.5 Å². The van der Waals surface area contributed by atoms with E-state index in [2.05, 4.69) is 80.2 Å². The van der Waals surface area contributed by atoms with Crippen molar-refractivity contribution < 1.29 is 14.0 Å². The number of rotatable bonds is 16. The Balaban J connectivity index is 5.73. The molecule has 0 N–H and O–H groups in total. The van der Waals surface area contributed by atoms with Crippen molar-refractivity contribution in [3.8, 4) is 11.8 Å². The van der Waals surface area contributed by atoms with Gasteiger partial charge in [0.2, 0.25) is 0 Å². The average Bonchev–Trinajstić information content (AvgIpc) is 2.72. The fraction of sp³-hybridized carbons (Fsp3) is 0.828. The van der Waals surface area contributed by atoms with Crippen LogP contribution in [0.4, 0.5) is 0 Å². The van der Waals surface area contributed by atoms with Gasteiger partial charge in [0.25, 0.3) is 8.32 Å². The third kappa shape index (κ3) is 11.2. The summed E-state index contributed by atoms with van der Waals surface area (Å²) >= 11 is 0. The average molecular weight is 479 g/mol. The molecule has 0 rings (SSSR count). The van der Waals surface area contributed by atoms with Gasteiger partial charge in [-0.05, 0) is 41.5 Å². The van der Waals surface area contributed by atoms with E-state index in [0.29, 0.717) is 16.6 Å². The number of hydrogen-bond acceptors (Lipinski definition) is 3. The summed E-state index contributed by atoms with van der Waals surface area (Å²) < 4.78 is 12.4. The zero-order chi connectivity index (χ0) is 25.4. The van der Waals surface area contributed by atoms with E-state index in [1.165, 1.54) is 26.2 Å². The van der Waals surface area contributed by atoms with Crippen LogP contribution in [0, 0.1) is 23.7 Å². The summed E-state index contributed by atoms with van der Waals surface area (Å²) in [6.45, 7) is 22.0. The van der Waals surface area contributed by atoms with E-state index in [4.69, 9.17) is 9.16 Å². The zero-order valence-electron chi connectivity index (χ0n) is 23.5. The van der Waals surface area contributed by atoms with Gasteiger partial charge in [0.1, 0.15) is 0 Å². The van der Waals surface area contributed by atoms with Gasteiger partial charge in [-0.2, -0.15) is 0 Å². The van der Waals surface area contributed by atoms with E-state index in [9.17, 15) is 4.79 Å². The zero-order valence-corrected chi connectivity index (χ0v) is 24.5. The minimum absolute atomic E-state index is 0.174. The number of hydrogen-bond donors (Lipinski definition) is 0. The van der Waals surface area contributed by atoms with E-state index in [1.807, 2.05) is 6.26 Å². The molecular formula is C29H54O3Si. The van der Waals surface area contributed by atoms with Gasteiger partial charge in [0, 0.05) is 19.3 Å². The van der Waals surface area contributed by atoms with Crippen molar-refractivity contribution in [3.63, 3.8) is 0 Å². The molecule has 0 aliphatic rings. The molecule has 3 nitrogen and oxygen atoms in total. The van der Waals surface area contributed by atoms with Gasteiger partial charge in [-0.15, -0.1) is 0 Å². The Morgan fingerprint density at radius 2 is 1.45 bits per heavy atom. The minimum atomic E-state index is -1.95. The van der Waals surface area contributed by atoms with E-state index >= 15 is 0 Å². The number of unbranched alkanes of at least 4 members (excludes halogenated alkanes) is 5. The predicted octanol–water partition coefficient (Wildman–Crippen LogP) is 9.04. The summed E-state index contributed by atoms with van der Waals surface area (Å²) in [5, 5.41) is 0. The second-order valence-corrected chi connectivity index (χ2v) is 16.0. The molecule has 33 heavy (non-hydrogen) atoms. The second kappa shape index (κ2) is 17.3. The molecule has 0 saturated carbocycles. The highest BCUT2D eigenvalue weighted by Crippen LogP contribution is 2.42. The van der Waals surface area contributed by atoms with Gasteiger partial charge in [-0.25, -0.2) is 0 Å². The number of carbonyl (C=O) groups is 1. The van der Waals surface area contributed by atoms with E-state index in [1.54, 1.807) is 0 Å². The molecular weight excluding hydrogens is 424 g/mol. The lowest BCUT2D eigenvalue weighted by atomic mass is 9.84. The first-order valence-electron chi connectivity index (χ1n) is 13.5. The molecule has 0 aliphatic heterocycles. The summed E-state index contributed by atoms with van der Waals surface area (Å²) in [5.41, 5.74) is 1.63. The lowest BCUT2D eigenvalue weighted by molar-refractivity contribution is -0.146. The van der Waals surface area contributed by atoms with Gasteiger partial charge in [0.05, 0.1) is 6.26 Å². The lowest BCUT2D eigenvalue weighted by Crippen LogP contribution is -2.46. The molecule has 0 spiro atoms. The van der Waals surface area contributed by atoms with Crippen LogP contribution in [-0.2, 0) is 14.0 Å². The number of esters is 1. The van der Waals surface area contributed by atoms with Crippen LogP contribution in [0.15, 0.2) is 12.3 Å². The third-order valence-corrected chi connectivity index (χ3v) is 13.0. The minimum Gasteiger partial charge on any atom is -0.548 e. The molecule has 0 fully saturated rings. The van der Waals surface area contributed by atoms with Crippen LogP contribution in [0.25, 0.3) is 0 Å². The van der Waals surface area contributed by atoms with Gasteiger partial charge in [-0.1, -0.05) is 106 Å². The fourth-order valence-corrected chi connectivity index (χ4v) is 10.3. The first-order valence-corrected chi connectivity index (χ1v) is 15.7. The maximum Gasteiger partial charge on any atom is 0.303 e. The number of carbonyl (C=O) groups excluding carboxylic acids is 1. The first-order chi connectivity index (χ1) is 15.5. The van der Waals surface area contributed by atoms with Crippen LogP contribution in [0.1, 0.15) is 121 Å². The summed E-state index contributed by atoms with van der Waals surface area (Å²) in [6.07, 6.45) is 12.7. The summed E-state index contributed by atoms with van der Waals surface area (Å²) in [7, 11) is -1.95. The summed E-state index contributed by atoms with van der Waals surface area (Å²) in [4.78, 5) is 11.9. The molecule has 0 aromatic carbocycles. The van der Waals surface area contributed by atoms with Gasteiger partial charge in [-0.3, -0.25) is 4.79 Å². The monoisotopic (exact) mass is 478 g/mol. The van der Waals surface area contributed by atoms with Crippen molar-refractivity contribution in [2.75, 3.05) is 0 Å². The van der Waals surface area contributed by atoms with Gasteiger partial charge in [0.15, 0.2) is 6.10 Å². The molecule has 3 atom stereocenters. The highest BCUT2D eigenvalue weighted by Gasteiger charge is 2.46. The molecule has 0 amide bonds. The molecule has 1 unspecified atom stereocenters. The molecule has 0 heterocycles. The Labute approximate surface area is 207 Å². The van der Waals surface area contributed by atoms with Crippen molar-refractivity contribution in [1.29, 1.82) is 0 Å². The van der Waals surface area contributed by atoms with Crippen molar-refractivity contribution in [3.05, 3.63) is 12.3 Å². The lowest BCUT2D eigenvalue weighted by Gasteiger charge is -2.41. The normalized spacial score (nSPS) is 14.9. The molecule has 0 radical (unpaired) electrons. The number of ether oxygens (including phenoxy) is 1. The van der Waals surface area contributed by atoms with E-state index < -0.39 is 8.32 Å². The molecule has 0 aromatic heterocycles. The Morgan fingerprint density at radius 3 is 1.94 bits per heavy atom. The third-order valence-electron chi connectivity index (χ3n) is 7.01. The Hall–Kier alpha value is -1.21. The van der Waals surface area contributed by atoms with Crippen molar-refractivity contribution in [1.82, 2.24) is 0 Å². The molecule has 0 saturated heterocycles. The maximum atomic E-state index is 11.9. The maximum absolute atomic E-state index is 11.9. The smallest absolute Gasteiger partial charge is 0.303 e. The number of allylic oxidation sites excluding steroid dienone is 1. The Morgan fingerprint density at radius 1 is 0.879 bits per heavy atom. The Bertz CT molecular complexity index is 590. The highest BCUT2D eigenvalue weighted by atomic mass is 28.4. The Kier molecular flexibility index (Phi) is 16.6. The largest absolute Gasteiger partial charge is 0.548 e. The summed E-state index contributed by atoms with van der Waals surface area (Å²) in [6, 6.07) is 0. The second-order valence-electron chi connectivity index (χ2n) is 10.6. The van der Waals surface area contributed by atoms with Crippen molar-refractivity contribution in [2.45, 2.75) is 143 Å². The van der Waals surface area contributed by atoms with Crippen LogP contribution in [-0.4, -0.2) is 20.4 Å². The molecule has 0 aliphatic carbocycles. The molecule has 192 valence electrons. The van der Waals surface area contributed by atoms with E-state index in [-0.39, 0.29) is 23.9 Å². The highest BCUT2D eigenvalue weighted by molar-refractivity contribution is 6.77. The summed E-state index contributed by atoms with van der Waals surface area (Å²) in [5.74, 6) is 6.73. The van der Waals surface area contributed by atoms with E-state index in [0.717, 1.165) is 32.1 Å². The van der Waals surface area contributed by atoms with Crippen LogP contribution >= 0.6 is 0 Å². The van der Waals surface area contributed by atoms with Crippen LogP contribution in [0.5, 0.6) is 0 Å². The first kappa shape index (κ1) is 31.8. The molecule has 0 aromatic rings. The molecule has 4 heteroatoms. The van der Waals surface area contributed by atoms with Gasteiger partial charge < -0.3 is 9.16 Å². The fourth-order valence-electron chi connectivity index (χ4n) is 5.17. The van der Waals surface area contributed by atoms with Crippen molar-refractivity contribution >= 4 is 14.3 Å².